The molecule has 1 atom stereocenters. The molecule has 142 valence electrons. The molecule has 0 saturated carbocycles. The van der Waals surface area contributed by atoms with Crippen molar-refractivity contribution in [1.82, 2.24) is 4.72 Å². The van der Waals surface area contributed by atoms with Gasteiger partial charge in [0.2, 0.25) is 21.8 Å². The first-order valence-corrected chi connectivity index (χ1v) is 10.1. The standard InChI is InChI=1S/C17H22N2O6S/c1-24-14-8-7-12(19-16(20)5-2-6-17(19)21)10-15(14)26(22,23)18-11-13-4-3-9-25-13/h7-8,10,13,18H,2-6,9,11H2,1H3. The van der Waals surface area contributed by atoms with Gasteiger partial charge >= 0.3 is 0 Å². The van der Waals surface area contributed by atoms with Gasteiger partial charge in [0.1, 0.15) is 10.6 Å². The zero-order valence-corrected chi connectivity index (χ0v) is 15.4. The van der Waals surface area contributed by atoms with Gasteiger partial charge in [-0.05, 0) is 37.5 Å². The summed E-state index contributed by atoms with van der Waals surface area (Å²) in [5.41, 5.74) is 0.234. The van der Waals surface area contributed by atoms with Crippen molar-refractivity contribution in [3.8, 4) is 5.75 Å². The summed E-state index contributed by atoms with van der Waals surface area (Å²) in [6.45, 7) is 0.793. The van der Waals surface area contributed by atoms with Crippen molar-refractivity contribution in [1.29, 1.82) is 0 Å². The Kier molecular flexibility index (Phi) is 5.59. The highest BCUT2D eigenvalue weighted by molar-refractivity contribution is 7.89. The summed E-state index contributed by atoms with van der Waals surface area (Å²) in [6.07, 6.45) is 2.59. The number of amides is 2. The topological polar surface area (TPSA) is 102 Å². The summed E-state index contributed by atoms with van der Waals surface area (Å²) in [6, 6.07) is 4.27. The minimum atomic E-state index is -3.89. The second-order valence-corrected chi connectivity index (χ2v) is 8.03. The summed E-state index contributed by atoms with van der Waals surface area (Å²) in [4.78, 5) is 25.2. The van der Waals surface area contributed by atoms with Gasteiger partial charge in [-0.2, -0.15) is 0 Å². The van der Waals surface area contributed by atoms with Crippen LogP contribution < -0.4 is 14.4 Å². The van der Waals surface area contributed by atoms with E-state index < -0.39 is 10.0 Å². The van der Waals surface area contributed by atoms with Gasteiger partial charge in [-0.1, -0.05) is 0 Å². The van der Waals surface area contributed by atoms with Crippen LogP contribution in [0.15, 0.2) is 23.1 Å². The van der Waals surface area contributed by atoms with Gasteiger partial charge in [0, 0.05) is 26.0 Å². The highest BCUT2D eigenvalue weighted by atomic mass is 32.2. The lowest BCUT2D eigenvalue weighted by atomic mass is 10.1. The van der Waals surface area contributed by atoms with E-state index in [1.54, 1.807) is 0 Å². The maximum atomic E-state index is 12.7. The SMILES string of the molecule is COc1ccc(N2C(=O)CCCC2=O)cc1S(=O)(=O)NCC1CCCO1. The third kappa shape index (κ3) is 3.89. The van der Waals surface area contributed by atoms with E-state index in [2.05, 4.69) is 4.72 Å². The minimum Gasteiger partial charge on any atom is -0.495 e. The zero-order chi connectivity index (χ0) is 18.7. The average Bonchev–Trinajstić information content (AvgIpc) is 3.13. The summed E-state index contributed by atoms with van der Waals surface area (Å²) in [5.74, 6) is -0.519. The number of hydrogen-bond donors (Lipinski definition) is 1. The predicted molar refractivity (Wildman–Crippen MR) is 93.5 cm³/mol. The normalized spacial score (nSPS) is 21.3. The molecule has 1 N–H and O–H groups in total. The largest absolute Gasteiger partial charge is 0.495 e. The highest BCUT2D eigenvalue weighted by Gasteiger charge is 2.30. The number of piperidine rings is 1. The van der Waals surface area contributed by atoms with Crippen LogP contribution in [0.2, 0.25) is 0 Å². The van der Waals surface area contributed by atoms with E-state index in [0.717, 1.165) is 17.7 Å². The summed E-state index contributed by atoms with van der Waals surface area (Å²) < 4.78 is 38.6. The number of methoxy groups -OCH3 is 1. The third-order valence-electron chi connectivity index (χ3n) is 4.50. The summed E-state index contributed by atoms with van der Waals surface area (Å²) >= 11 is 0. The van der Waals surface area contributed by atoms with Crippen LogP contribution in [0.5, 0.6) is 5.75 Å². The molecule has 2 fully saturated rings. The Hall–Kier alpha value is -1.97. The van der Waals surface area contributed by atoms with Gasteiger partial charge < -0.3 is 9.47 Å². The zero-order valence-electron chi connectivity index (χ0n) is 14.6. The number of carbonyl (C=O) groups is 2. The predicted octanol–water partition coefficient (Wildman–Crippen LogP) is 1.20. The smallest absolute Gasteiger partial charge is 0.244 e. The molecule has 2 aliphatic rings. The number of hydrogen-bond acceptors (Lipinski definition) is 6. The molecule has 2 aliphatic heterocycles. The number of imide groups is 1. The van der Waals surface area contributed by atoms with Crippen molar-refractivity contribution in [3.63, 3.8) is 0 Å². The van der Waals surface area contributed by atoms with Crippen LogP contribution in [-0.2, 0) is 24.3 Å². The van der Waals surface area contributed by atoms with Gasteiger partial charge in [-0.15, -0.1) is 0 Å². The lowest BCUT2D eigenvalue weighted by Gasteiger charge is -2.25. The molecule has 0 bridgehead atoms. The lowest BCUT2D eigenvalue weighted by Crippen LogP contribution is -2.40. The van der Waals surface area contributed by atoms with Gasteiger partial charge in [0.05, 0.1) is 18.9 Å². The number of benzene rings is 1. The fourth-order valence-corrected chi connectivity index (χ4v) is 4.39. The van der Waals surface area contributed by atoms with Crippen LogP contribution in [0.4, 0.5) is 5.69 Å². The Balaban J connectivity index is 1.89. The first-order chi connectivity index (χ1) is 12.4. The molecule has 2 saturated heterocycles. The van der Waals surface area contributed by atoms with Crippen molar-refractivity contribution in [2.75, 3.05) is 25.2 Å². The molecule has 2 amide bonds. The van der Waals surface area contributed by atoms with Crippen LogP contribution in [0.25, 0.3) is 0 Å². The molecule has 26 heavy (non-hydrogen) atoms. The first kappa shape index (κ1) is 18.8. The molecular formula is C17H22N2O6S. The van der Waals surface area contributed by atoms with Crippen LogP contribution in [0, 0.1) is 0 Å². The number of nitrogens with one attached hydrogen (secondary N) is 1. The quantitative estimate of drug-likeness (QED) is 0.742. The maximum absolute atomic E-state index is 12.7. The molecule has 2 heterocycles. The molecule has 1 aromatic rings. The maximum Gasteiger partial charge on any atom is 0.244 e. The third-order valence-corrected chi connectivity index (χ3v) is 5.94. The number of rotatable bonds is 6. The van der Waals surface area contributed by atoms with Gasteiger partial charge in [-0.3, -0.25) is 14.5 Å². The van der Waals surface area contributed by atoms with Crippen LogP contribution in [0.3, 0.4) is 0 Å². The van der Waals surface area contributed by atoms with Crippen molar-refractivity contribution in [3.05, 3.63) is 18.2 Å². The lowest BCUT2D eigenvalue weighted by molar-refractivity contribution is -0.129. The Morgan fingerprint density at radius 3 is 2.58 bits per heavy atom. The Morgan fingerprint density at radius 1 is 1.23 bits per heavy atom. The fourth-order valence-electron chi connectivity index (χ4n) is 3.14. The van der Waals surface area contributed by atoms with Crippen molar-refractivity contribution in [2.24, 2.45) is 0 Å². The van der Waals surface area contributed by atoms with E-state index in [1.165, 1.54) is 25.3 Å². The van der Waals surface area contributed by atoms with E-state index in [4.69, 9.17) is 9.47 Å². The van der Waals surface area contributed by atoms with Crippen LogP contribution in [0.1, 0.15) is 32.1 Å². The van der Waals surface area contributed by atoms with E-state index in [-0.39, 0.29) is 53.6 Å². The second-order valence-electron chi connectivity index (χ2n) is 6.30. The van der Waals surface area contributed by atoms with E-state index in [1.807, 2.05) is 0 Å². The second kappa shape index (κ2) is 7.73. The molecule has 0 aliphatic carbocycles. The molecule has 9 heteroatoms. The molecule has 0 radical (unpaired) electrons. The van der Waals surface area contributed by atoms with Gasteiger partial charge in [0.15, 0.2) is 0 Å². The molecule has 3 rings (SSSR count). The van der Waals surface area contributed by atoms with Gasteiger partial charge in [-0.25, -0.2) is 13.1 Å². The number of nitrogens with zero attached hydrogens (tertiary/aromatic N) is 1. The summed E-state index contributed by atoms with van der Waals surface area (Å²) in [5, 5.41) is 0. The monoisotopic (exact) mass is 382 g/mol. The van der Waals surface area contributed by atoms with E-state index >= 15 is 0 Å². The molecule has 8 nitrogen and oxygen atoms in total. The Labute approximate surface area is 152 Å². The van der Waals surface area contributed by atoms with Crippen molar-refractivity contribution >= 4 is 27.5 Å². The molecule has 1 aromatic carbocycles. The number of carbonyl (C=O) groups excluding carboxylic acids is 2. The van der Waals surface area contributed by atoms with Crippen molar-refractivity contribution in [2.45, 2.75) is 43.1 Å². The Bertz CT molecular complexity index is 785. The van der Waals surface area contributed by atoms with Crippen LogP contribution in [-0.4, -0.2) is 46.6 Å². The minimum absolute atomic E-state index is 0.110. The Morgan fingerprint density at radius 2 is 1.96 bits per heavy atom. The van der Waals surface area contributed by atoms with E-state index in [9.17, 15) is 18.0 Å². The average molecular weight is 382 g/mol. The molecule has 0 aromatic heterocycles. The summed E-state index contributed by atoms with van der Waals surface area (Å²) in [7, 11) is -2.52. The number of anilines is 1. The molecule has 0 spiro atoms. The molecule has 1 unspecified atom stereocenters. The number of ether oxygens (including phenoxy) is 2. The number of sulfonamides is 1. The van der Waals surface area contributed by atoms with Crippen molar-refractivity contribution < 1.29 is 27.5 Å². The first-order valence-electron chi connectivity index (χ1n) is 8.57. The molecular weight excluding hydrogens is 360 g/mol. The van der Waals surface area contributed by atoms with Crippen LogP contribution >= 0.6 is 0 Å². The highest BCUT2D eigenvalue weighted by Crippen LogP contribution is 2.31. The fraction of sp³-hybridized carbons (Fsp3) is 0.529. The van der Waals surface area contributed by atoms with Gasteiger partial charge in [0.25, 0.3) is 0 Å². The van der Waals surface area contributed by atoms with E-state index in [0.29, 0.717) is 13.0 Å².